The van der Waals surface area contributed by atoms with Crippen LogP contribution in [0.2, 0.25) is 5.15 Å². The van der Waals surface area contributed by atoms with Crippen molar-refractivity contribution in [3.8, 4) is 5.75 Å². The first kappa shape index (κ1) is 13.1. The minimum absolute atomic E-state index is 0.463. The van der Waals surface area contributed by atoms with Gasteiger partial charge in [0.2, 0.25) is 5.95 Å². The van der Waals surface area contributed by atoms with E-state index in [0.717, 1.165) is 21.7 Å². The van der Waals surface area contributed by atoms with Crippen LogP contribution in [-0.4, -0.2) is 16.6 Å². The quantitative estimate of drug-likeness (QED) is 0.722. The summed E-state index contributed by atoms with van der Waals surface area (Å²) in [5.74, 6) is 1.33. The van der Waals surface area contributed by atoms with E-state index in [9.17, 15) is 0 Å². The van der Waals surface area contributed by atoms with E-state index in [1.807, 2.05) is 42.6 Å². The fourth-order valence-corrected chi connectivity index (χ4v) is 2.86. The molecule has 0 aliphatic heterocycles. The molecule has 2 aromatic heterocycles. The summed E-state index contributed by atoms with van der Waals surface area (Å²) in [6.45, 7) is 2.61. The van der Waals surface area contributed by atoms with Crippen LogP contribution < -0.4 is 10.1 Å². The second-order valence-electron chi connectivity index (χ2n) is 4.06. The van der Waals surface area contributed by atoms with Gasteiger partial charge in [0.25, 0.3) is 0 Å². The number of hydrogen-bond donors (Lipinski definition) is 1. The summed E-state index contributed by atoms with van der Waals surface area (Å²) in [5, 5.41) is 6.44. The van der Waals surface area contributed by atoms with Gasteiger partial charge in [-0.15, -0.1) is 11.3 Å². The Labute approximate surface area is 125 Å². The number of halogens is 1. The Kier molecular flexibility index (Phi) is 3.71. The first-order valence-corrected chi connectivity index (χ1v) is 7.42. The lowest BCUT2D eigenvalue weighted by molar-refractivity contribution is 0.340. The highest BCUT2D eigenvalue weighted by Gasteiger charge is 2.07. The van der Waals surface area contributed by atoms with Crippen molar-refractivity contribution in [2.24, 2.45) is 0 Å². The Morgan fingerprint density at radius 1 is 1.20 bits per heavy atom. The largest absolute Gasteiger partial charge is 0.494 e. The summed E-state index contributed by atoms with van der Waals surface area (Å²) < 4.78 is 5.40. The second-order valence-corrected chi connectivity index (χ2v) is 5.31. The number of benzene rings is 1. The third kappa shape index (κ3) is 2.69. The second kappa shape index (κ2) is 5.64. The van der Waals surface area contributed by atoms with Crippen molar-refractivity contribution in [3.05, 3.63) is 40.9 Å². The summed E-state index contributed by atoms with van der Waals surface area (Å²) in [6, 6.07) is 9.55. The number of nitrogens with one attached hydrogen (secondary N) is 1. The number of aromatic nitrogens is 2. The smallest absolute Gasteiger partial charge is 0.230 e. The lowest BCUT2D eigenvalue weighted by Crippen LogP contribution is -1.97. The Morgan fingerprint density at radius 2 is 2.00 bits per heavy atom. The average Bonchev–Trinajstić information content (AvgIpc) is 2.90. The predicted molar refractivity (Wildman–Crippen MR) is 83.3 cm³/mol. The standard InChI is InChI=1S/C14H12ClN3OS/c1-2-19-10-5-3-9(4-6-10)16-14-17-12(15)11-7-8-20-13(11)18-14/h3-8H,2H2,1H3,(H,16,17,18). The maximum atomic E-state index is 6.13. The Morgan fingerprint density at radius 3 is 2.75 bits per heavy atom. The van der Waals surface area contributed by atoms with E-state index in [0.29, 0.717) is 17.7 Å². The maximum absolute atomic E-state index is 6.13. The zero-order chi connectivity index (χ0) is 13.9. The summed E-state index contributed by atoms with van der Waals surface area (Å²) in [7, 11) is 0. The van der Waals surface area contributed by atoms with E-state index in [1.165, 1.54) is 11.3 Å². The topological polar surface area (TPSA) is 47.0 Å². The zero-order valence-electron chi connectivity index (χ0n) is 10.8. The third-order valence-corrected chi connectivity index (χ3v) is 3.79. The van der Waals surface area contributed by atoms with Gasteiger partial charge in [0.15, 0.2) is 0 Å². The lowest BCUT2D eigenvalue weighted by Gasteiger charge is -2.07. The molecule has 0 unspecified atom stereocenters. The van der Waals surface area contributed by atoms with E-state index in [2.05, 4.69) is 15.3 Å². The SMILES string of the molecule is CCOc1ccc(Nc2nc(Cl)c3ccsc3n2)cc1. The number of nitrogens with zero attached hydrogens (tertiary/aromatic N) is 2. The molecule has 1 aromatic carbocycles. The molecule has 0 bridgehead atoms. The summed E-state index contributed by atoms with van der Waals surface area (Å²) in [5.41, 5.74) is 0.889. The molecule has 0 radical (unpaired) electrons. The van der Waals surface area contributed by atoms with Crippen molar-refractivity contribution in [2.45, 2.75) is 6.92 Å². The van der Waals surface area contributed by atoms with E-state index >= 15 is 0 Å². The monoisotopic (exact) mass is 305 g/mol. The van der Waals surface area contributed by atoms with Gasteiger partial charge < -0.3 is 10.1 Å². The molecule has 4 nitrogen and oxygen atoms in total. The molecule has 3 rings (SSSR count). The molecule has 0 fully saturated rings. The van der Waals surface area contributed by atoms with Crippen molar-refractivity contribution in [2.75, 3.05) is 11.9 Å². The molecule has 3 aromatic rings. The van der Waals surface area contributed by atoms with Gasteiger partial charge >= 0.3 is 0 Å². The van der Waals surface area contributed by atoms with Gasteiger partial charge in [-0.3, -0.25) is 0 Å². The lowest BCUT2D eigenvalue weighted by atomic mass is 10.3. The van der Waals surface area contributed by atoms with Gasteiger partial charge in [-0.1, -0.05) is 11.6 Å². The van der Waals surface area contributed by atoms with Crippen molar-refractivity contribution >= 4 is 44.8 Å². The van der Waals surface area contributed by atoms with E-state index < -0.39 is 0 Å². The Balaban J connectivity index is 1.84. The van der Waals surface area contributed by atoms with E-state index in [4.69, 9.17) is 16.3 Å². The molecule has 0 aliphatic carbocycles. The van der Waals surface area contributed by atoms with Gasteiger partial charge in [-0.25, -0.2) is 9.97 Å². The van der Waals surface area contributed by atoms with Gasteiger partial charge in [0.05, 0.1) is 6.61 Å². The summed E-state index contributed by atoms with van der Waals surface area (Å²) >= 11 is 7.67. The third-order valence-electron chi connectivity index (χ3n) is 2.70. The highest BCUT2D eigenvalue weighted by Crippen LogP contribution is 2.27. The van der Waals surface area contributed by atoms with Crippen LogP contribution in [0.5, 0.6) is 5.75 Å². The fraction of sp³-hybridized carbons (Fsp3) is 0.143. The van der Waals surface area contributed by atoms with Crippen LogP contribution in [0.1, 0.15) is 6.92 Å². The molecule has 0 saturated carbocycles. The molecule has 0 aliphatic rings. The summed E-state index contributed by atoms with van der Waals surface area (Å²) in [6.07, 6.45) is 0. The summed E-state index contributed by atoms with van der Waals surface area (Å²) in [4.78, 5) is 9.55. The molecule has 6 heteroatoms. The van der Waals surface area contributed by atoms with Crippen LogP contribution in [0.15, 0.2) is 35.7 Å². The molecule has 0 atom stereocenters. The molecule has 0 saturated heterocycles. The number of fused-ring (bicyclic) bond motifs is 1. The number of thiophene rings is 1. The number of ether oxygens (including phenoxy) is 1. The molecule has 0 spiro atoms. The van der Waals surface area contributed by atoms with Gasteiger partial charge in [0.1, 0.15) is 15.7 Å². The van der Waals surface area contributed by atoms with Crippen molar-refractivity contribution in [1.29, 1.82) is 0 Å². The van der Waals surface area contributed by atoms with Crippen molar-refractivity contribution in [3.63, 3.8) is 0 Å². The zero-order valence-corrected chi connectivity index (χ0v) is 12.3. The number of hydrogen-bond acceptors (Lipinski definition) is 5. The van der Waals surface area contributed by atoms with Crippen LogP contribution in [0.3, 0.4) is 0 Å². The van der Waals surface area contributed by atoms with Crippen LogP contribution in [-0.2, 0) is 0 Å². The van der Waals surface area contributed by atoms with E-state index in [-0.39, 0.29) is 0 Å². The van der Waals surface area contributed by atoms with Gasteiger partial charge in [-0.05, 0) is 42.6 Å². The molecular weight excluding hydrogens is 294 g/mol. The maximum Gasteiger partial charge on any atom is 0.230 e. The van der Waals surface area contributed by atoms with E-state index in [1.54, 1.807) is 0 Å². The Hall–Kier alpha value is -1.85. The van der Waals surface area contributed by atoms with Crippen molar-refractivity contribution < 1.29 is 4.74 Å². The highest BCUT2D eigenvalue weighted by molar-refractivity contribution is 7.16. The average molecular weight is 306 g/mol. The first-order chi connectivity index (χ1) is 9.76. The number of rotatable bonds is 4. The Bertz CT molecular complexity index is 727. The van der Waals surface area contributed by atoms with Gasteiger partial charge in [-0.2, -0.15) is 0 Å². The predicted octanol–water partition coefficient (Wildman–Crippen LogP) is 4.49. The highest BCUT2D eigenvalue weighted by atomic mass is 35.5. The molecule has 20 heavy (non-hydrogen) atoms. The fourth-order valence-electron chi connectivity index (χ4n) is 1.81. The van der Waals surface area contributed by atoms with Gasteiger partial charge in [0, 0.05) is 11.1 Å². The minimum Gasteiger partial charge on any atom is -0.494 e. The van der Waals surface area contributed by atoms with Crippen molar-refractivity contribution in [1.82, 2.24) is 9.97 Å². The molecule has 102 valence electrons. The number of anilines is 2. The molecule has 0 amide bonds. The molecule has 2 heterocycles. The van der Waals surface area contributed by atoms with Crippen LogP contribution in [0.4, 0.5) is 11.6 Å². The normalized spacial score (nSPS) is 10.7. The van der Waals surface area contributed by atoms with Crippen LogP contribution in [0.25, 0.3) is 10.2 Å². The molecule has 1 N–H and O–H groups in total. The minimum atomic E-state index is 0.463. The molecular formula is C14H12ClN3OS. The van der Waals surface area contributed by atoms with Crippen LogP contribution in [0, 0.1) is 0 Å². The van der Waals surface area contributed by atoms with Crippen LogP contribution >= 0.6 is 22.9 Å². The first-order valence-electron chi connectivity index (χ1n) is 6.17.